The van der Waals surface area contributed by atoms with Gasteiger partial charge in [0.25, 0.3) is 0 Å². The Balaban J connectivity index is 1.71. The third-order valence-corrected chi connectivity index (χ3v) is 7.21. The lowest BCUT2D eigenvalue weighted by Gasteiger charge is -2.26. The maximum absolute atomic E-state index is 13.0. The average Bonchev–Trinajstić information content (AvgIpc) is 2.79. The highest BCUT2D eigenvalue weighted by atomic mass is 32.2. The molecular weight excluding hydrogens is 414 g/mol. The molecule has 0 radical (unpaired) electrons. The number of anilines is 1. The third kappa shape index (κ3) is 5.98. The van der Waals surface area contributed by atoms with Gasteiger partial charge in [0.2, 0.25) is 15.9 Å². The van der Waals surface area contributed by atoms with Crippen molar-refractivity contribution >= 4 is 21.6 Å². The van der Waals surface area contributed by atoms with Crippen LogP contribution in [0.15, 0.2) is 53.4 Å². The van der Waals surface area contributed by atoms with Crippen LogP contribution < -0.4 is 15.4 Å². The molecular formula is C23H31N3O4S. The Bertz CT molecular complexity index is 974. The Labute approximate surface area is 184 Å². The van der Waals surface area contributed by atoms with E-state index in [0.717, 1.165) is 24.8 Å². The van der Waals surface area contributed by atoms with Crippen LogP contribution in [-0.2, 0) is 14.8 Å². The van der Waals surface area contributed by atoms with E-state index in [1.54, 1.807) is 18.2 Å². The standard InChI is InChI=1S/C23H31N3O4S/c1-3-30-22-13-12-20(31(28,29)26-14-8-5-9-15-26)16-21(22)24-17-23(27)25-18(2)19-10-6-4-7-11-19/h4,6-7,10-13,16,18,24H,3,5,8-9,14-15,17H2,1-2H3,(H,25,27)/t18-/m1/s1. The van der Waals surface area contributed by atoms with Crippen molar-refractivity contribution in [3.63, 3.8) is 0 Å². The number of sulfonamides is 1. The second kappa shape index (κ2) is 10.6. The van der Waals surface area contributed by atoms with Gasteiger partial charge in [0.05, 0.1) is 29.8 Å². The van der Waals surface area contributed by atoms with Gasteiger partial charge in [0, 0.05) is 13.1 Å². The van der Waals surface area contributed by atoms with Gasteiger partial charge in [-0.25, -0.2) is 8.42 Å². The zero-order chi connectivity index (χ0) is 22.3. The van der Waals surface area contributed by atoms with Gasteiger partial charge in [0.1, 0.15) is 5.75 Å². The van der Waals surface area contributed by atoms with Crippen LogP contribution in [0.5, 0.6) is 5.75 Å². The van der Waals surface area contributed by atoms with E-state index in [-0.39, 0.29) is 23.4 Å². The minimum absolute atomic E-state index is 0.00443. The van der Waals surface area contributed by atoms with Crippen LogP contribution >= 0.6 is 0 Å². The number of piperidine rings is 1. The molecule has 1 fully saturated rings. The molecule has 7 nitrogen and oxygen atoms in total. The Hall–Kier alpha value is -2.58. The molecule has 0 unspecified atom stereocenters. The summed E-state index contributed by atoms with van der Waals surface area (Å²) in [6.45, 7) is 5.30. The topological polar surface area (TPSA) is 87.7 Å². The van der Waals surface area contributed by atoms with Crippen LogP contribution in [0.25, 0.3) is 0 Å². The number of hydrogen-bond acceptors (Lipinski definition) is 5. The fraction of sp³-hybridized carbons (Fsp3) is 0.435. The molecule has 0 spiro atoms. The number of benzene rings is 2. The lowest BCUT2D eigenvalue weighted by Crippen LogP contribution is -2.35. The molecule has 1 saturated heterocycles. The molecule has 8 heteroatoms. The van der Waals surface area contributed by atoms with Gasteiger partial charge in [-0.15, -0.1) is 0 Å². The largest absolute Gasteiger partial charge is 0.492 e. The highest BCUT2D eigenvalue weighted by Gasteiger charge is 2.26. The monoisotopic (exact) mass is 445 g/mol. The normalized spacial score (nSPS) is 15.8. The summed E-state index contributed by atoms with van der Waals surface area (Å²) in [6, 6.07) is 14.3. The number of hydrogen-bond donors (Lipinski definition) is 2. The second-order valence-corrected chi connectivity index (χ2v) is 9.55. The number of rotatable bonds is 9. The van der Waals surface area contributed by atoms with Crippen molar-refractivity contribution in [3.05, 3.63) is 54.1 Å². The van der Waals surface area contributed by atoms with Crippen LogP contribution in [0.4, 0.5) is 5.69 Å². The summed E-state index contributed by atoms with van der Waals surface area (Å²) in [4.78, 5) is 12.7. The van der Waals surface area contributed by atoms with Crippen LogP contribution in [0.3, 0.4) is 0 Å². The molecule has 1 aliphatic heterocycles. The number of carbonyl (C=O) groups excluding carboxylic acids is 1. The molecule has 2 N–H and O–H groups in total. The smallest absolute Gasteiger partial charge is 0.243 e. The summed E-state index contributed by atoms with van der Waals surface area (Å²) in [5, 5.41) is 6.00. The fourth-order valence-corrected chi connectivity index (χ4v) is 5.18. The van der Waals surface area contributed by atoms with Gasteiger partial charge in [-0.05, 0) is 50.5 Å². The first-order valence-electron chi connectivity index (χ1n) is 10.8. The third-order valence-electron chi connectivity index (χ3n) is 5.32. The predicted molar refractivity (Wildman–Crippen MR) is 122 cm³/mol. The van der Waals surface area contributed by atoms with Crippen molar-refractivity contribution in [1.82, 2.24) is 9.62 Å². The molecule has 1 heterocycles. The van der Waals surface area contributed by atoms with Crippen LogP contribution in [0, 0.1) is 0 Å². The number of ether oxygens (including phenoxy) is 1. The van der Waals surface area contributed by atoms with Crippen LogP contribution in [0.2, 0.25) is 0 Å². The highest BCUT2D eigenvalue weighted by Crippen LogP contribution is 2.30. The van der Waals surface area contributed by atoms with Crippen LogP contribution in [0.1, 0.15) is 44.7 Å². The molecule has 3 rings (SSSR count). The van der Waals surface area contributed by atoms with Crippen LogP contribution in [-0.4, -0.2) is 44.9 Å². The molecule has 0 bridgehead atoms. The fourth-order valence-electron chi connectivity index (χ4n) is 3.64. The first-order valence-corrected chi connectivity index (χ1v) is 12.2. The Morgan fingerprint density at radius 2 is 1.81 bits per heavy atom. The van der Waals surface area contributed by atoms with Crippen molar-refractivity contribution in [2.24, 2.45) is 0 Å². The summed E-state index contributed by atoms with van der Waals surface area (Å²) in [5.41, 5.74) is 1.50. The molecule has 1 aliphatic rings. The number of amides is 1. The van der Waals surface area contributed by atoms with Gasteiger partial charge in [-0.2, -0.15) is 4.31 Å². The predicted octanol–water partition coefficient (Wildman–Crippen LogP) is 3.55. The van der Waals surface area contributed by atoms with Gasteiger partial charge in [-0.3, -0.25) is 4.79 Å². The maximum Gasteiger partial charge on any atom is 0.243 e. The van der Waals surface area contributed by atoms with Crippen molar-refractivity contribution in [3.8, 4) is 5.75 Å². The van der Waals surface area contributed by atoms with E-state index in [9.17, 15) is 13.2 Å². The number of nitrogens with zero attached hydrogens (tertiary/aromatic N) is 1. The first kappa shape index (κ1) is 23.1. The van der Waals surface area contributed by atoms with E-state index in [1.165, 1.54) is 4.31 Å². The molecule has 1 amide bonds. The van der Waals surface area contributed by atoms with E-state index >= 15 is 0 Å². The summed E-state index contributed by atoms with van der Waals surface area (Å²) in [6.07, 6.45) is 2.81. The minimum Gasteiger partial charge on any atom is -0.492 e. The Morgan fingerprint density at radius 3 is 2.48 bits per heavy atom. The molecule has 1 atom stereocenters. The lowest BCUT2D eigenvalue weighted by molar-refractivity contribution is -0.120. The Morgan fingerprint density at radius 1 is 1.10 bits per heavy atom. The molecule has 0 aliphatic carbocycles. The zero-order valence-electron chi connectivity index (χ0n) is 18.1. The highest BCUT2D eigenvalue weighted by molar-refractivity contribution is 7.89. The van der Waals surface area contributed by atoms with E-state index in [0.29, 0.717) is 31.1 Å². The molecule has 2 aromatic carbocycles. The first-order chi connectivity index (χ1) is 14.9. The quantitative estimate of drug-likeness (QED) is 0.616. The lowest BCUT2D eigenvalue weighted by atomic mass is 10.1. The molecule has 2 aromatic rings. The van der Waals surface area contributed by atoms with Gasteiger partial charge >= 0.3 is 0 Å². The van der Waals surface area contributed by atoms with Gasteiger partial charge in [-0.1, -0.05) is 36.8 Å². The van der Waals surface area contributed by atoms with Gasteiger partial charge in [0.15, 0.2) is 0 Å². The van der Waals surface area contributed by atoms with E-state index in [1.807, 2.05) is 44.2 Å². The van der Waals surface area contributed by atoms with Gasteiger partial charge < -0.3 is 15.4 Å². The number of nitrogens with one attached hydrogen (secondary N) is 2. The van der Waals surface area contributed by atoms with Crippen molar-refractivity contribution in [2.75, 3.05) is 31.6 Å². The maximum atomic E-state index is 13.0. The van der Waals surface area contributed by atoms with Crippen molar-refractivity contribution < 1.29 is 17.9 Å². The van der Waals surface area contributed by atoms with E-state index in [4.69, 9.17) is 4.74 Å². The summed E-state index contributed by atoms with van der Waals surface area (Å²) < 4.78 is 33.2. The molecule has 0 saturated carbocycles. The Kier molecular flexibility index (Phi) is 7.92. The SMILES string of the molecule is CCOc1ccc(S(=O)(=O)N2CCCCC2)cc1NCC(=O)N[C@H](C)c1ccccc1. The zero-order valence-corrected chi connectivity index (χ0v) is 19.0. The molecule has 0 aromatic heterocycles. The average molecular weight is 446 g/mol. The number of carbonyl (C=O) groups is 1. The minimum atomic E-state index is -3.57. The van der Waals surface area contributed by atoms with E-state index in [2.05, 4.69) is 10.6 Å². The summed E-state index contributed by atoms with van der Waals surface area (Å²) in [7, 11) is -3.57. The van der Waals surface area contributed by atoms with E-state index < -0.39 is 10.0 Å². The molecule has 168 valence electrons. The second-order valence-electron chi connectivity index (χ2n) is 7.61. The summed E-state index contributed by atoms with van der Waals surface area (Å²) >= 11 is 0. The van der Waals surface area contributed by atoms with Crippen molar-refractivity contribution in [1.29, 1.82) is 0 Å². The summed E-state index contributed by atoms with van der Waals surface area (Å²) in [5.74, 6) is 0.326. The molecule has 31 heavy (non-hydrogen) atoms. The van der Waals surface area contributed by atoms with Crippen molar-refractivity contribution in [2.45, 2.75) is 44.0 Å².